The van der Waals surface area contributed by atoms with Crippen molar-refractivity contribution in [3.63, 3.8) is 0 Å². The van der Waals surface area contributed by atoms with Gasteiger partial charge in [0.15, 0.2) is 0 Å². The fraction of sp³-hybridized carbons (Fsp3) is 0.167. The fourth-order valence-corrected chi connectivity index (χ4v) is 3.60. The summed E-state index contributed by atoms with van der Waals surface area (Å²) in [5.41, 5.74) is 4.23. The summed E-state index contributed by atoms with van der Waals surface area (Å²) in [5.74, 6) is -0.310. The molecule has 0 aliphatic carbocycles. The maximum Gasteiger partial charge on any atom is 0.340 e. The van der Waals surface area contributed by atoms with Crippen LogP contribution in [-0.2, 0) is 17.8 Å². The highest BCUT2D eigenvalue weighted by Gasteiger charge is 2.19. The highest BCUT2D eigenvalue weighted by molar-refractivity contribution is 5.98. The van der Waals surface area contributed by atoms with Crippen LogP contribution in [0.15, 0.2) is 66.7 Å². The van der Waals surface area contributed by atoms with Crippen molar-refractivity contribution in [1.29, 1.82) is 0 Å². The summed E-state index contributed by atoms with van der Waals surface area (Å²) in [7, 11) is 0. The molecule has 3 heteroatoms. The summed E-state index contributed by atoms with van der Waals surface area (Å²) in [6.45, 7) is 4.23. The number of esters is 1. The van der Waals surface area contributed by atoms with E-state index in [2.05, 4.69) is 23.2 Å². The number of aromatic nitrogens is 1. The van der Waals surface area contributed by atoms with Crippen LogP contribution in [0.5, 0.6) is 0 Å². The highest BCUT2D eigenvalue weighted by Crippen LogP contribution is 2.25. The van der Waals surface area contributed by atoms with Crippen molar-refractivity contribution < 1.29 is 9.53 Å². The lowest BCUT2D eigenvalue weighted by Gasteiger charge is -2.14. The van der Waals surface area contributed by atoms with E-state index in [1.807, 2.05) is 62.4 Å². The molecule has 0 amide bonds. The molecule has 0 saturated carbocycles. The summed E-state index contributed by atoms with van der Waals surface area (Å²) in [5, 5.41) is 3.24. The van der Waals surface area contributed by atoms with E-state index in [1.54, 1.807) is 0 Å². The molecule has 27 heavy (non-hydrogen) atoms. The lowest BCUT2D eigenvalue weighted by atomic mass is 10.0. The van der Waals surface area contributed by atoms with Crippen LogP contribution in [0.1, 0.15) is 34.1 Å². The van der Waals surface area contributed by atoms with Crippen LogP contribution in [-0.4, -0.2) is 11.0 Å². The number of nitrogens with zero attached hydrogens (tertiary/aromatic N) is 1. The van der Waals surface area contributed by atoms with Gasteiger partial charge in [0.2, 0.25) is 0 Å². The van der Waals surface area contributed by atoms with Gasteiger partial charge in [-0.3, -0.25) is 4.98 Å². The summed E-state index contributed by atoms with van der Waals surface area (Å²) in [6, 6.07) is 22.1. The average Bonchev–Trinajstić information content (AvgIpc) is 2.71. The molecule has 4 aromatic rings. The van der Waals surface area contributed by atoms with Crippen LogP contribution in [0.2, 0.25) is 0 Å². The fourth-order valence-electron chi connectivity index (χ4n) is 3.60. The third-order valence-electron chi connectivity index (χ3n) is 5.00. The average molecular weight is 355 g/mol. The predicted octanol–water partition coefficient (Wildman–Crippen LogP) is 5.62. The monoisotopic (exact) mass is 355 g/mol. The van der Waals surface area contributed by atoms with E-state index in [0.29, 0.717) is 12.0 Å². The van der Waals surface area contributed by atoms with Crippen LogP contribution in [0.25, 0.3) is 21.7 Å². The number of carbonyl (C=O) groups excluding carboxylic acids is 1. The SMILES string of the molecule is CCc1nc2ccccc2c(C)c1C(=O)OCc1cccc2ccccc12. The Balaban J connectivity index is 1.68. The Kier molecular flexibility index (Phi) is 4.59. The first-order chi connectivity index (χ1) is 13.2. The van der Waals surface area contributed by atoms with Crippen molar-refractivity contribution in [2.45, 2.75) is 26.9 Å². The standard InChI is InChI=1S/C24H21NO2/c1-3-21-23(16(2)19-12-6-7-14-22(19)25-21)24(26)27-15-18-11-8-10-17-9-4-5-13-20(17)18/h4-14H,3,15H2,1-2H3. The highest BCUT2D eigenvalue weighted by atomic mass is 16.5. The lowest BCUT2D eigenvalue weighted by molar-refractivity contribution is 0.0472. The number of carbonyl (C=O) groups is 1. The summed E-state index contributed by atoms with van der Waals surface area (Å²) < 4.78 is 5.72. The summed E-state index contributed by atoms with van der Waals surface area (Å²) in [6.07, 6.45) is 0.685. The van der Waals surface area contributed by atoms with E-state index in [9.17, 15) is 4.79 Å². The molecule has 134 valence electrons. The van der Waals surface area contributed by atoms with E-state index < -0.39 is 0 Å². The molecule has 0 bridgehead atoms. The normalized spacial score (nSPS) is 11.0. The minimum Gasteiger partial charge on any atom is -0.457 e. The Bertz CT molecular complexity index is 1140. The van der Waals surface area contributed by atoms with E-state index in [1.165, 1.54) is 0 Å². The van der Waals surface area contributed by atoms with Crippen molar-refractivity contribution in [3.05, 3.63) is 89.1 Å². The Labute approximate surface area is 158 Å². The van der Waals surface area contributed by atoms with Crippen molar-refractivity contribution in [3.8, 4) is 0 Å². The Hall–Kier alpha value is -3.20. The van der Waals surface area contributed by atoms with Crippen molar-refractivity contribution in [2.75, 3.05) is 0 Å². The first-order valence-electron chi connectivity index (χ1n) is 9.21. The first kappa shape index (κ1) is 17.2. The number of aryl methyl sites for hydroxylation is 2. The molecule has 4 rings (SSSR count). The quantitative estimate of drug-likeness (QED) is 0.446. The van der Waals surface area contributed by atoms with Gasteiger partial charge < -0.3 is 4.74 Å². The number of fused-ring (bicyclic) bond motifs is 2. The molecule has 0 aliphatic rings. The molecule has 0 radical (unpaired) electrons. The number of rotatable bonds is 4. The van der Waals surface area contributed by atoms with E-state index >= 15 is 0 Å². The largest absolute Gasteiger partial charge is 0.457 e. The van der Waals surface area contributed by atoms with Crippen molar-refractivity contribution >= 4 is 27.6 Å². The van der Waals surface area contributed by atoms with Gasteiger partial charge in [-0.05, 0) is 41.3 Å². The Morgan fingerprint density at radius 2 is 1.63 bits per heavy atom. The Morgan fingerprint density at radius 3 is 2.44 bits per heavy atom. The minimum atomic E-state index is -0.310. The third kappa shape index (κ3) is 3.17. The number of para-hydroxylation sites is 1. The number of hydrogen-bond acceptors (Lipinski definition) is 3. The van der Waals surface area contributed by atoms with Gasteiger partial charge in [-0.15, -0.1) is 0 Å². The number of benzene rings is 3. The predicted molar refractivity (Wildman–Crippen MR) is 109 cm³/mol. The van der Waals surface area contributed by atoms with Gasteiger partial charge in [-0.25, -0.2) is 4.79 Å². The van der Waals surface area contributed by atoms with Gasteiger partial charge in [0, 0.05) is 5.39 Å². The number of ether oxygens (including phenoxy) is 1. The van der Waals surface area contributed by atoms with Gasteiger partial charge in [0.25, 0.3) is 0 Å². The molecule has 0 aliphatic heterocycles. The third-order valence-corrected chi connectivity index (χ3v) is 5.00. The topological polar surface area (TPSA) is 39.2 Å². The van der Waals surface area contributed by atoms with Gasteiger partial charge in [-0.2, -0.15) is 0 Å². The number of pyridine rings is 1. The van der Waals surface area contributed by atoms with Crippen LogP contribution in [0.4, 0.5) is 0 Å². The molecule has 0 N–H and O–H groups in total. The molecule has 1 heterocycles. The molecule has 0 fully saturated rings. The molecule has 1 aromatic heterocycles. The Morgan fingerprint density at radius 1 is 0.926 bits per heavy atom. The van der Waals surface area contributed by atoms with Crippen LogP contribution in [0.3, 0.4) is 0 Å². The van der Waals surface area contributed by atoms with Crippen LogP contribution >= 0.6 is 0 Å². The maximum absolute atomic E-state index is 12.9. The van der Waals surface area contributed by atoms with E-state index in [0.717, 1.165) is 38.5 Å². The second kappa shape index (κ2) is 7.20. The molecule has 3 aromatic carbocycles. The van der Waals surface area contributed by atoms with Gasteiger partial charge in [0.1, 0.15) is 6.61 Å². The lowest BCUT2D eigenvalue weighted by Crippen LogP contribution is -2.12. The molecular weight excluding hydrogens is 334 g/mol. The molecule has 0 atom stereocenters. The second-order valence-corrected chi connectivity index (χ2v) is 6.64. The maximum atomic E-state index is 12.9. The molecule has 0 spiro atoms. The van der Waals surface area contributed by atoms with Gasteiger partial charge in [-0.1, -0.05) is 67.6 Å². The molecule has 3 nitrogen and oxygen atoms in total. The van der Waals surface area contributed by atoms with Gasteiger partial charge >= 0.3 is 5.97 Å². The van der Waals surface area contributed by atoms with Gasteiger partial charge in [0.05, 0.1) is 16.8 Å². The molecular formula is C24H21NO2. The van der Waals surface area contributed by atoms with E-state index in [-0.39, 0.29) is 12.6 Å². The van der Waals surface area contributed by atoms with Crippen LogP contribution in [0, 0.1) is 6.92 Å². The minimum absolute atomic E-state index is 0.246. The van der Waals surface area contributed by atoms with Crippen molar-refractivity contribution in [2.24, 2.45) is 0 Å². The first-order valence-corrected chi connectivity index (χ1v) is 9.21. The zero-order valence-electron chi connectivity index (χ0n) is 15.5. The molecule has 0 unspecified atom stereocenters. The van der Waals surface area contributed by atoms with Crippen molar-refractivity contribution in [1.82, 2.24) is 4.98 Å². The number of hydrogen-bond donors (Lipinski definition) is 0. The van der Waals surface area contributed by atoms with E-state index in [4.69, 9.17) is 4.74 Å². The molecule has 0 saturated heterocycles. The summed E-state index contributed by atoms with van der Waals surface area (Å²) in [4.78, 5) is 17.6. The zero-order valence-corrected chi connectivity index (χ0v) is 15.5. The smallest absolute Gasteiger partial charge is 0.340 e. The van der Waals surface area contributed by atoms with Crippen LogP contribution < -0.4 is 0 Å². The second-order valence-electron chi connectivity index (χ2n) is 6.64. The zero-order chi connectivity index (χ0) is 18.8. The summed E-state index contributed by atoms with van der Waals surface area (Å²) >= 11 is 0.